The molecule has 3 heteroatoms. The van der Waals surface area contributed by atoms with Crippen LogP contribution in [0.25, 0.3) is 0 Å². The Hall–Kier alpha value is -0.830. The quantitative estimate of drug-likeness (QED) is 0.359. The Labute approximate surface area is 86.1 Å². The molecule has 0 saturated heterocycles. The number of carbonyl (C=O) groups excluding carboxylic acids is 1. The molecular formula is C11H20O3. The molecule has 0 spiro atoms. The molecule has 0 aromatic heterocycles. The van der Waals surface area contributed by atoms with E-state index in [1.807, 2.05) is 6.92 Å². The van der Waals surface area contributed by atoms with Crippen molar-refractivity contribution >= 4 is 5.97 Å². The van der Waals surface area contributed by atoms with Crippen molar-refractivity contribution in [2.45, 2.75) is 39.7 Å². The summed E-state index contributed by atoms with van der Waals surface area (Å²) in [7, 11) is 0. The molecule has 14 heavy (non-hydrogen) atoms. The summed E-state index contributed by atoms with van der Waals surface area (Å²) in [6.45, 7) is 6.85. The highest BCUT2D eigenvalue weighted by molar-refractivity contribution is 5.81. The Morgan fingerprint density at radius 3 is 2.79 bits per heavy atom. The molecule has 0 radical (unpaired) electrons. The Kier molecular flexibility index (Phi) is 8.24. The smallest absolute Gasteiger partial charge is 0.330 e. The maximum absolute atomic E-state index is 10.9. The van der Waals surface area contributed by atoms with Crippen molar-refractivity contribution in [1.82, 2.24) is 0 Å². The summed E-state index contributed by atoms with van der Waals surface area (Å²) in [6.07, 6.45) is 5.21. The number of allylic oxidation sites excluding steroid dienone is 1. The molecule has 0 heterocycles. The van der Waals surface area contributed by atoms with Crippen LogP contribution in [0.4, 0.5) is 0 Å². The summed E-state index contributed by atoms with van der Waals surface area (Å²) < 4.78 is 10.3. The lowest BCUT2D eigenvalue weighted by atomic mass is 10.3. The average molecular weight is 200 g/mol. The monoisotopic (exact) mass is 200 g/mol. The largest absolute Gasteiger partial charge is 0.460 e. The van der Waals surface area contributed by atoms with Gasteiger partial charge in [-0.15, -0.1) is 0 Å². The van der Waals surface area contributed by atoms with Gasteiger partial charge in [-0.05, 0) is 20.3 Å². The fraction of sp³-hybridized carbons (Fsp3) is 0.727. The Morgan fingerprint density at radius 1 is 1.50 bits per heavy atom. The number of unbranched alkanes of at least 4 members (excludes halogenated alkanes) is 1. The Balaban J connectivity index is 3.43. The molecule has 0 amide bonds. The minimum atomic E-state index is -0.307. The maximum Gasteiger partial charge on any atom is 0.330 e. The van der Waals surface area contributed by atoms with E-state index in [-0.39, 0.29) is 12.1 Å². The molecule has 3 nitrogen and oxygen atoms in total. The zero-order valence-corrected chi connectivity index (χ0v) is 9.29. The number of rotatable bonds is 7. The van der Waals surface area contributed by atoms with Crippen molar-refractivity contribution in [3.8, 4) is 0 Å². The van der Waals surface area contributed by atoms with E-state index in [1.54, 1.807) is 13.0 Å². The first-order valence-electron chi connectivity index (χ1n) is 5.11. The van der Waals surface area contributed by atoms with E-state index in [2.05, 4.69) is 6.92 Å². The molecule has 0 bridgehead atoms. The predicted molar refractivity (Wildman–Crippen MR) is 56.1 cm³/mol. The first-order valence-corrected chi connectivity index (χ1v) is 5.11. The SMILES string of the molecule is CC=CC(=O)OCC(C)OCCCC. The third-order valence-corrected chi connectivity index (χ3v) is 1.66. The number of ether oxygens (including phenoxy) is 2. The summed E-state index contributed by atoms with van der Waals surface area (Å²) >= 11 is 0. The van der Waals surface area contributed by atoms with Crippen LogP contribution in [0.3, 0.4) is 0 Å². The van der Waals surface area contributed by atoms with Crippen LogP contribution in [0.1, 0.15) is 33.6 Å². The van der Waals surface area contributed by atoms with Gasteiger partial charge < -0.3 is 9.47 Å². The fourth-order valence-electron chi connectivity index (χ4n) is 0.861. The van der Waals surface area contributed by atoms with Crippen LogP contribution in [-0.2, 0) is 14.3 Å². The van der Waals surface area contributed by atoms with Crippen LogP contribution < -0.4 is 0 Å². The van der Waals surface area contributed by atoms with Gasteiger partial charge in [0.05, 0.1) is 6.10 Å². The van der Waals surface area contributed by atoms with Crippen LogP contribution in [0.2, 0.25) is 0 Å². The minimum Gasteiger partial charge on any atom is -0.460 e. The molecule has 0 aliphatic carbocycles. The van der Waals surface area contributed by atoms with Gasteiger partial charge in [-0.1, -0.05) is 19.4 Å². The van der Waals surface area contributed by atoms with Crippen molar-refractivity contribution in [3.63, 3.8) is 0 Å². The van der Waals surface area contributed by atoms with Crippen molar-refractivity contribution in [1.29, 1.82) is 0 Å². The van der Waals surface area contributed by atoms with E-state index in [1.165, 1.54) is 6.08 Å². The van der Waals surface area contributed by atoms with Crippen LogP contribution >= 0.6 is 0 Å². The van der Waals surface area contributed by atoms with Gasteiger partial charge in [0.15, 0.2) is 0 Å². The highest BCUT2D eigenvalue weighted by atomic mass is 16.6. The van der Waals surface area contributed by atoms with E-state index < -0.39 is 0 Å². The lowest BCUT2D eigenvalue weighted by molar-refractivity contribution is -0.141. The van der Waals surface area contributed by atoms with Gasteiger partial charge in [-0.3, -0.25) is 0 Å². The molecule has 82 valence electrons. The molecule has 0 aromatic rings. The van der Waals surface area contributed by atoms with Gasteiger partial charge in [0.1, 0.15) is 6.61 Å². The first-order chi connectivity index (χ1) is 6.70. The van der Waals surface area contributed by atoms with Crippen molar-refractivity contribution < 1.29 is 14.3 Å². The summed E-state index contributed by atoms with van der Waals surface area (Å²) in [5.41, 5.74) is 0. The fourth-order valence-corrected chi connectivity index (χ4v) is 0.861. The molecule has 0 aliphatic heterocycles. The molecule has 0 fully saturated rings. The van der Waals surface area contributed by atoms with Crippen LogP contribution in [0.15, 0.2) is 12.2 Å². The number of carbonyl (C=O) groups is 1. The summed E-state index contributed by atoms with van der Waals surface area (Å²) in [5, 5.41) is 0. The molecule has 1 unspecified atom stereocenters. The Bertz CT molecular complexity index is 175. The van der Waals surface area contributed by atoms with Crippen LogP contribution in [0, 0.1) is 0 Å². The zero-order chi connectivity index (χ0) is 10.8. The zero-order valence-electron chi connectivity index (χ0n) is 9.29. The number of hydrogen-bond donors (Lipinski definition) is 0. The minimum absolute atomic E-state index is 0.0178. The van der Waals surface area contributed by atoms with E-state index in [9.17, 15) is 4.79 Å². The molecule has 0 aliphatic rings. The van der Waals surface area contributed by atoms with Crippen molar-refractivity contribution in [2.24, 2.45) is 0 Å². The third-order valence-electron chi connectivity index (χ3n) is 1.66. The van der Waals surface area contributed by atoms with E-state index in [0.717, 1.165) is 19.4 Å². The molecule has 0 aromatic carbocycles. The number of hydrogen-bond acceptors (Lipinski definition) is 3. The summed E-state index contributed by atoms with van der Waals surface area (Å²) in [5.74, 6) is -0.307. The summed E-state index contributed by atoms with van der Waals surface area (Å²) in [4.78, 5) is 10.9. The van der Waals surface area contributed by atoms with E-state index >= 15 is 0 Å². The number of esters is 1. The van der Waals surface area contributed by atoms with E-state index in [4.69, 9.17) is 9.47 Å². The second-order valence-electron chi connectivity index (χ2n) is 3.17. The van der Waals surface area contributed by atoms with Gasteiger partial charge in [0.2, 0.25) is 0 Å². The van der Waals surface area contributed by atoms with Crippen molar-refractivity contribution in [2.75, 3.05) is 13.2 Å². The molecule has 0 saturated carbocycles. The van der Waals surface area contributed by atoms with E-state index in [0.29, 0.717) is 6.61 Å². The lowest BCUT2D eigenvalue weighted by Gasteiger charge is -2.12. The topological polar surface area (TPSA) is 35.5 Å². The Morgan fingerprint density at radius 2 is 2.21 bits per heavy atom. The first kappa shape index (κ1) is 13.2. The van der Waals surface area contributed by atoms with Gasteiger partial charge in [0, 0.05) is 12.7 Å². The van der Waals surface area contributed by atoms with Crippen molar-refractivity contribution in [3.05, 3.63) is 12.2 Å². The highest BCUT2D eigenvalue weighted by Gasteiger charge is 2.04. The van der Waals surface area contributed by atoms with Gasteiger partial charge in [-0.2, -0.15) is 0 Å². The molecule has 0 N–H and O–H groups in total. The molecular weight excluding hydrogens is 180 g/mol. The van der Waals surface area contributed by atoms with Gasteiger partial charge in [-0.25, -0.2) is 4.79 Å². The highest BCUT2D eigenvalue weighted by Crippen LogP contribution is 1.96. The standard InChI is InChI=1S/C11H20O3/c1-4-6-8-13-10(3)9-14-11(12)7-5-2/h5,7,10H,4,6,8-9H2,1-3H3. The normalized spacial score (nSPS) is 13.1. The lowest BCUT2D eigenvalue weighted by Crippen LogP contribution is -2.18. The molecule has 1 atom stereocenters. The molecule has 0 rings (SSSR count). The van der Waals surface area contributed by atoms with Crippen LogP contribution in [-0.4, -0.2) is 25.3 Å². The third kappa shape index (κ3) is 7.80. The predicted octanol–water partition coefficient (Wildman–Crippen LogP) is 2.31. The second kappa shape index (κ2) is 8.75. The average Bonchev–Trinajstić information content (AvgIpc) is 2.16. The summed E-state index contributed by atoms with van der Waals surface area (Å²) in [6, 6.07) is 0. The van der Waals surface area contributed by atoms with Gasteiger partial charge in [0.25, 0.3) is 0 Å². The van der Waals surface area contributed by atoms with Gasteiger partial charge >= 0.3 is 5.97 Å². The van der Waals surface area contributed by atoms with Crippen LogP contribution in [0.5, 0.6) is 0 Å². The second-order valence-corrected chi connectivity index (χ2v) is 3.17. The maximum atomic E-state index is 10.9.